The molecule has 0 aliphatic rings. The van der Waals surface area contributed by atoms with Crippen molar-refractivity contribution in [3.05, 3.63) is 46.8 Å². The van der Waals surface area contributed by atoms with Gasteiger partial charge in [-0.15, -0.1) is 0 Å². The molecule has 1 aromatic heterocycles. The van der Waals surface area contributed by atoms with Crippen molar-refractivity contribution in [3.8, 4) is 16.9 Å². The van der Waals surface area contributed by atoms with Crippen LogP contribution in [0.3, 0.4) is 0 Å². The molecule has 0 aliphatic heterocycles. The number of methoxy groups -OCH3 is 1. The monoisotopic (exact) mass is 393 g/mol. The van der Waals surface area contributed by atoms with Crippen molar-refractivity contribution in [2.24, 2.45) is 0 Å². The summed E-state index contributed by atoms with van der Waals surface area (Å²) in [6, 6.07) is 6.32. The van der Waals surface area contributed by atoms with Crippen molar-refractivity contribution in [1.82, 2.24) is 4.98 Å². The quantitative estimate of drug-likeness (QED) is 0.651. The predicted molar refractivity (Wildman–Crippen MR) is 97.8 cm³/mol. The van der Waals surface area contributed by atoms with E-state index in [0.29, 0.717) is 11.3 Å². The van der Waals surface area contributed by atoms with Crippen LogP contribution in [0.25, 0.3) is 11.1 Å². The van der Waals surface area contributed by atoms with E-state index in [9.17, 15) is 18.4 Å². The van der Waals surface area contributed by atoms with Crippen molar-refractivity contribution in [1.29, 1.82) is 0 Å². The van der Waals surface area contributed by atoms with Crippen molar-refractivity contribution in [2.45, 2.75) is 27.2 Å². The highest BCUT2D eigenvalue weighted by Gasteiger charge is 2.32. The summed E-state index contributed by atoms with van der Waals surface area (Å²) in [4.78, 5) is 29.0. The lowest BCUT2D eigenvalue weighted by Crippen LogP contribution is -2.19. The SMILES string of the molecule is CCOC(=O)c1c(C)nc(C(F)F)c(C(=O)OCC)c1-c1ccc(OC)cc1. The molecule has 2 rings (SSSR count). The van der Waals surface area contributed by atoms with E-state index in [2.05, 4.69) is 4.98 Å². The van der Waals surface area contributed by atoms with Crippen LogP contribution in [-0.4, -0.2) is 37.2 Å². The van der Waals surface area contributed by atoms with Crippen LogP contribution in [0.2, 0.25) is 0 Å². The molecule has 0 unspecified atom stereocenters. The van der Waals surface area contributed by atoms with Gasteiger partial charge in [-0.3, -0.25) is 4.98 Å². The zero-order valence-electron chi connectivity index (χ0n) is 16.0. The number of halogens is 2. The lowest BCUT2D eigenvalue weighted by Gasteiger charge is -2.19. The average Bonchev–Trinajstić information content (AvgIpc) is 2.67. The summed E-state index contributed by atoms with van der Waals surface area (Å²) in [5, 5.41) is 0. The Bertz CT molecular complexity index is 866. The van der Waals surface area contributed by atoms with Crippen LogP contribution >= 0.6 is 0 Å². The molecular weight excluding hydrogens is 372 g/mol. The first-order valence-corrected chi connectivity index (χ1v) is 8.66. The van der Waals surface area contributed by atoms with Crippen LogP contribution in [0.4, 0.5) is 8.78 Å². The van der Waals surface area contributed by atoms with Gasteiger partial charge < -0.3 is 14.2 Å². The number of carbonyl (C=O) groups excluding carboxylic acids is 2. The minimum atomic E-state index is -3.04. The Balaban J connectivity index is 2.90. The predicted octanol–water partition coefficient (Wildman–Crippen LogP) is 4.36. The number of rotatable bonds is 7. The second-order valence-corrected chi connectivity index (χ2v) is 5.68. The summed E-state index contributed by atoms with van der Waals surface area (Å²) in [5.41, 5.74) is -0.848. The van der Waals surface area contributed by atoms with E-state index in [1.165, 1.54) is 14.0 Å². The highest BCUT2D eigenvalue weighted by molar-refractivity contribution is 6.07. The molecule has 8 heteroatoms. The number of carbonyl (C=O) groups is 2. The van der Waals surface area contributed by atoms with Crippen LogP contribution in [-0.2, 0) is 9.47 Å². The highest BCUT2D eigenvalue weighted by Crippen LogP contribution is 2.36. The zero-order valence-corrected chi connectivity index (χ0v) is 16.0. The molecule has 28 heavy (non-hydrogen) atoms. The number of aromatic nitrogens is 1. The standard InChI is InChI=1S/C20H21F2NO5/c1-5-27-19(24)14-11(3)23-17(18(21)22)16(20(25)28-6-2)15(14)12-7-9-13(26-4)10-8-12/h7-10,18H,5-6H2,1-4H3. The van der Waals surface area contributed by atoms with Crippen molar-refractivity contribution >= 4 is 11.9 Å². The molecule has 0 radical (unpaired) electrons. The van der Waals surface area contributed by atoms with Gasteiger partial charge in [0, 0.05) is 5.56 Å². The smallest absolute Gasteiger partial charge is 0.340 e. The molecule has 0 fully saturated rings. The number of hydrogen-bond donors (Lipinski definition) is 0. The summed E-state index contributed by atoms with van der Waals surface area (Å²) in [7, 11) is 1.48. The summed E-state index contributed by atoms with van der Waals surface area (Å²) in [6.07, 6.45) is -3.04. The fourth-order valence-corrected chi connectivity index (χ4v) is 2.79. The van der Waals surface area contributed by atoms with Gasteiger partial charge in [0.05, 0.1) is 37.1 Å². The fourth-order valence-electron chi connectivity index (χ4n) is 2.79. The third-order valence-corrected chi connectivity index (χ3v) is 3.95. The minimum absolute atomic E-state index is 0.00218. The van der Waals surface area contributed by atoms with E-state index in [1.54, 1.807) is 38.1 Å². The highest BCUT2D eigenvalue weighted by atomic mass is 19.3. The topological polar surface area (TPSA) is 74.7 Å². The molecular formula is C20H21F2NO5. The first kappa shape index (κ1) is 21.3. The number of pyridine rings is 1. The Morgan fingerprint density at radius 2 is 1.54 bits per heavy atom. The molecule has 0 N–H and O–H groups in total. The van der Waals surface area contributed by atoms with Gasteiger partial charge in [0.15, 0.2) is 0 Å². The summed E-state index contributed by atoms with van der Waals surface area (Å²) in [5.74, 6) is -1.22. The maximum atomic E-state index is 13.7. The fraction of sp³-hybridized carbons (Fsp3) is 0.350. The summed E-state index contributed by atoms with van der Waals surface area (Å²) in [6.45, 7) is 4.65. The second-order valence-electron chi connectivity index (χ2n) is 5.68. The van der Waals surface area contributed by atoms with E-state index in [4.69, 9.17) is 14.2 Å². The number of ether oxygens (including phenoxy) is 3. The second kappa shape index (κ2) is 9.25. The van der Waals surface area contributed by atoms with E-state index >= 15 is 0 Å². The third-order valence-electron chi connectivity index (χ3n) is 3.95. The largest absolute Gasteiger partial charge is 0.497 e. The van der Waals surface area contributed by atoms with Crippen LogP contribution in [0.15, 0.2) is 24.3 Å². The minimum Gasteiger partial charge on any atom is -0.497 e. The lowest BCUT2D eigenvalue weighted by atomic mass is 9.92. The van der Waals surface area contributed by atoms with Crippen LogP contribution in [0, 0.1) is 6.92 Å². The lowest BCUT2D eigenvalue weighted by molar-refractivity contribution is 0.0513. The number of hydrogen-bond acceptors (Lipinski definition) is 6. The van der Waals surface area contributed by atoms with Gasteiger partial charge in [-0.2, -0.15) is 0 Å². The molecule has 0 bridgehead atoms. The van der Waals surface area contributed by atoms with E-state index in [1.807, 2.05) is 0 Å². The number of aryl methyl sites for hydroxylation is 1. The van der Waals surface area contributed by atoms with Crippen LogP contribution in [0.5, 0.6) is 5.75 Å². The maximum Gasteiger partial charge on any atom is 0.340 e. The average molecular weight is 393 g/mol. The summed E-state index contributed by atoms with van der Waals surface area (Å²) >= 11 is 0. The van der Waals surface area contributed by atoms with Gasteiger partial charge in [-0.05, 0) is 38.5 Å². The zero-order chi connectivity index (χ0) is 20.8. The molecule has 1 aromatic carbocycles. The Hall–Kier alpha value is -3.03. The molecule has 0 spiro atoms. The van der Waals surface area contributed by atoms with Crippen LogP contribution < -0.4 is 4.74 Å². The van der Waals surface area contributed by atoms with Gasteiger partial charge in [-0.1, -0.05) is 12.1 Å². The Morgan fingerprint density at radius 3 is 2.00 bits per heavy atom. The molecule has 0 aliphatic carbocycles. The van der Waals surface area contributed by atoms with Crippen molar-refractivity contribution in [2.75, 3.05) is 20.3 Å². The number of alkyl halides is 2. The molecule has 1 heterocycles. The van der Waals surface area contributed by atoms with Gasteiger partial charge in [0.1, 0.15) is 11.4 Å². The summed E-state index contributed by atoms with van der Waals surface area (Å²) < 4.78 is 42.5. The first-order valence-electron chi connectivity index (χ1n) is 8.66. The van der Waals surface area contributed by atoms with Gasteiger partial charge >= 0.3 is 11.9 Å². The number of nitrogens with zero attached hydrogens (tertiary/aromatic N) is 1. The number of benzene rings is 1. The molecule has 150 valence electrons. The molecule has 0 atom stereocenters. The Morgan fingerprint density at radius 1 is 1.00 bits per heavy atom. The molecule has 6 nitrogen and oxygen atoms in total. The molecule has 0 saturated heterocycles. The normalized spacial score (nSPS) is 10.7. The van der Waals surface area contributed by atoms with E-state index in [-0.39, 0.29) is 30.0 Å². The van der Waals surface area contributed by atoms with Gasteiger partial charge in [-0.25, -0.2) is 18.4 Å². The third kappa shape index (κ3) is 4.27. The van der Waals surface area contributed by atoms with Crippen LogP contribution in [0.1, 0.15) is 52.4 Å². The van der Waals surface area contributed by atoms with Gasteiger partial charge in [0.2, 0.25) is 0 Å². The molecule has 0 saturated carbocycles. The Labute approximate surface area is 161 Å². The van der Waals surface area contributed by atoms with Crippen molar-refractivity contribution < 1.29 is 32.6 Å². The van der Waals surface area contributed by atoms with E-state index in [0.717, 1.165) is 0 Å². The number of esters is 2. The first-order chi connectivity index (χ1) is 13.3. The molecule has 2 aromatic rings. The van der Waals surface area contributed by atoms with Gasteiger partial charge in [0.25, 0.3) is 6.43 Å². The Kier molecular flexibility index (Phi) is 7.03. The maximum absolute atomic E-state index is 13.7. The van der Waals surface area contributed by atoms with E-state index < -0.39 is 29.6 Å². The molecule has 0 amide bonds. The van der Waals surface area contributed by atoms with Crippen molar-refractivity contribution in [3.63, 3.8) is 0 Å².